The molecular weight excluding hydrogens is 486 g/mol. The van der Waals surface area contributed by atoms with Crippen molar-refractivity contribution in [3.05, 3.63) is 59.8 Å². The van der Waals surface area contributed by atoms with E-state index in [9.17, 15) is 22.5 Å². The number of anilines is 1. The minimum absolute atomic E-state index is 0.0777. The molecule has 6 rings (SSSR count). The monoisotopic (exact) mass is 508 g/mol. The Balaban J connectivity index is 1.41. The molecule has 1 saturated heterocycles. The van der Waals surface area contributed by atoms with E-state index >= 15 is 0 Å². The number of hydrogen-bond acceptors (Lipinski definition) is 6. The van der Waals surface area contributed by atoms with Crippen LogP contribution in [0.15, 0.2) is 42.6 Å². The molecule has 11 heteroatoms. The van der Waals surface area contributed by atoms with E-state index in [0.717, 1.165) is 12.8 Å². The van der Waals surface area contributed by atoms with Crippen molar-refractivity contribution < 1.29 is 17.2 Å². The number of hydrogen-bond donors (Lipinski definition) is 1. The number of para-hydroxylation sites is 1. The van der Waals surface area contributed by atoms with Crippen molar-refractivity contribution in [1.82, 2.24) is 19.1 Å². The van der Waals surface area contributed by atoms with Crippen LogP contribution in [0.4, 0.5) is 14.6 Å². The van der Waals surface area contributed by atoms with Gasteiger partial charge in [0.2, 0.25) is 10.0 Å². The molecule has 1 aliphatic carbocycles. The molecule has 0 spiro atoms. The molecule has 2 aromatic heterocycles. The number of sulfonamides is 1. The number of piperidine rings is 1. The van der Waals surface area contributed by atoms with Gasteiger partial charge in [-0.25, -0.2) is 31.2 Å². The fourth-order valence-electron chi connectivity index (χ4n) is 4.84. The highest BCUT2D eigenvalue weighted by Gasteiger charge is 2.41. The lowest BCUT2D eigenvalue weighted by Crippen LogP contribution is -2.43. The number of aromatic nitrogens is 3. The first-order valence-electron chi connectivity index (χ1n) is 11.8. The number of pyridine rings is 1. The number of rotatable bonds is 5. The molecule has 8 nitrogen and oxygen atoms in total. The van der Waals surface area contributed by atoms with Gasteiger partial charge in [0, 0.05) is 36.1 Å². The summed E-state index contributed by atoms with van der Waals surface area (Å²) < 4.78 is 57.6. The maximum Gasteiger partial charge on any atom is 0.216 e. The zero-order chi connectivity index (χ0) is 25.0. The molecule has 36 heavy (non-hydrogen) atoms. The minimum atomic E-state index is -3.22. The van der Waals surface area contributed by atoms with Crippen LogP contribution in [-0.2, 0) is 10.0 Å². The van der Waals surface area contributed by atoms with Crippen LogP contribution in [-0.4, -0.2) is 51.9 Å². The van der Waals surface area contributed by atoms with Gasteiger partial charge in [-0.2, -0.15) is 5.26 Å². The number of nitrogens with one attached hydrogen (secondary N) is 1. The SMILES string of the molecule is N#Cc1ccc2c(cnc3c(NC4CCN(S(=O)(=O)C5CC5)CC4)nn(-c4c(F)cccc4F)c32)c1. The van der Waals surface area contributed by atoms with Gasteiger partial charge in [-0.15, -0.1) is 5.10 Å². The predicted molar refractivity (Wildman–Crippen MR) is 131 cm³/mol. The van der Waals surface area contributed by atoms with Gasteiger partial charge in [0.15, 0.2) is 17.5 Å². The van der Waals surface area contributed by atoms with Crippen LogP contribution >= 0.6 is 0 Å². The second-order valence-electron chi connectivity index (χ2n) is 9.26. The highest BCUT2D eigenvalue weighted by atomic mass is 32.2. The first kappa shape index (κ1) is 22.8. The molecule has 1 saturated carbocycles. The van der Waals surface area contributed by atoms with Crippen molar-refractivity contribution in [1.29, 1.82) is 5.26 Å². The second kappa shape index (κ2) is 8.50. The first-order valence-corrected chi connectivity index (χ1v) is 13.3. The average Bonchev–Trinajstić information content (AvgIpc) is 3.68. The molecule has 184 valence electrons. The van der Waals surface area contributed by atoms with Crippen molar-refractivity contribution in [2.24, 2.45) is 0 Å². The largest absolute Gasteiger partial charge is 0.364 e. The Morgan fingerprint density at radius 1 is 1.06 bits per heavy atom. The zero-order valence-electron chi connectivity index (χ0n) is 19.2. The van der Waals surface area contributed by atoms with Crippen LogP contribution in [0.2, 0.25) is 0 Å². The third-order valence-corrected chi connectivity index (χ3v) is 9.28. The molecule has 1 aliphatic heterocycles. The third kappa shape index (κ3) is 3.77. The molecule has 4 aromatic rings. The van der Waals surface area contributed by atoms with E-state index in [1.165, 1.54) is 22.9 Å². The van der Waals surface area contributed by atoms with Gasteiger partial charge in [0.05, 0.1) is 16.9 Å². The normalized spacial score (nSPS) is 17.5. The van der Waals surface area contributed by atoms with E-state index < -0.39 is 21.7 Å². The summed E-state index contributed by atoms with van der Waals surface area (Å²) in [7, 11) is -3.22. The smallest absolute Gasteiger partial charge is 0.216 e. The van der Waals surface area contributed by atoms with Crippen molar-refractivity contribution in [2.75, 3.05) is 18.4 Å². The topological polar surface area (TPSA) is 104 Å². The zero-order valence-corrected chi connectivity index (χ0v) is 20.0. The summed E-state index contributed by atoms with van der Waals surface area (Å²) in [6.45, 7) is 0.814. The van der Waals surface area contributed by atoms with Crippen LogP contribution in [0.3, 0.4) is 0 Å². The molecular formula is C25H22F2N6O2S. The maximum atomic E-state index is 14.8. The van der Waals surface area contributed by atoms with Gasteiger partial charge in [0.25, 0.3) is 0 Å². The lowest BCUT2D eigenvalue weighted by atomic mass is 10.1. The Bertz CT molecular complexity index is 1630. The van der Waals surface area contributed by atoms with Crippen molar-refractivity contribution in [2.45, 2.75) is 37.0 Å². The Kier molecular flexibility index (Phi) is 5.39. The molecule has 0 amide bonds. The molecule has 0 atom stereocenters. The summed E-state index contributed by atoms with van der Waals surface area (Å²) in [6.07, 6.45) is 4.22. The van der Waals surface area contributed by atoms with Gasteiger partial charge >= 0.3 is 0 Å². The lowest BCUT2D eigenvalue weighted by Gasteiger charge is -2.31. The van der Waals surface area contributed by atoms with E-state index in [0.29, 0.717) is 59.1 Å². The summed E-state index contributed by atoms with van der Waals surface area (Å²) in [5.74, 6) is -1.17. The van der Waals surface area contributed by atoms with Gasteiger partial charge in [-0.1, -0.05) is 12.1 Å². The lowest BCUT2D eigenvalue weighted by molar-refractivity contribution is 0.329. The Morgan fingerprint density at radius 2 is 1.78 bits per heavy atom. The van der Waals surface area contributed by atoms with Crippen LogP contribution < -0.4 is 5.32 Å². The Morgan fingerprint density at radius 3 is 2.44 bits per heavy atom. The summed E-state index contributed by atoms with van der Waals surface area (Å²) in [5, 5.41) is 18.2. The number of fused-ring (bicyclic) bond motifs is 3. The summed E-state index contributed by atoms with van der Waals surface area (Å²) in [6, 6.07) is 10.7. The number of halogens is 2. The minimum Gasteiger partial charge on any atom is -0.364 e. The standard InChI is InChI=1S/C25H22F2N6O2S/c26-20-2-1-3-21(27)24(20)33-23-19-7-4-15(13-28)12-16(19)14-29-22(23)25(31-33)30-17-8-10-32(11-9-17)36(34,35)18-5-6-18/h1-4,7,12,14,17-18H,5-6,8-11H2,(H,30,31). The highest BCUT2D eigenvalue weighted by Crippen LogP contribution is 2.35. The van der Waals surface area contributed by atoms with Gasteiger partial charge in [0.1, 0.15) is 16.7 Å². The van der Waals surface area contributed by atoms with E-state index in [-0.39, 0.29) is 17.0 Å². The van der Waals surface area contributed by atoms with E-state index in [1.807, 2.05) is 0 Å². The number of benzene rings is 2. The molecule has 0 bridgehead atoms. The van der Waals surface area contributed by atoms with E-state index in [2.05, 4.69) is 21.5 Å². The third-order valence-electron chi connectivity index (χ3n) is 6.88. The maximum absolute atomic E-state index is 14.8. The summed E-state index contributed by atoms with van der Waals surface area (Å²) in [5.41, 5.74) is 0.970. The van der Waals surface area contributed by atoms with E-state index in [4.69, 9.17) is 0 Å². The van der Waals surface area contributed by atoms with Gasteiger partial charge in [-0.3, -0.25) is 0 Å². The summed E-state index contributed by atoms with van der Waals surface area (Å²) >= 11 is 0. The van der Waals surface area contributed by atoms with Crippen LogP contribution in [0.1, 0.15) is 31.2 Å². The molecule has 3 heterocycles. The molecule has 2 fully saturated rings. The molecule has 2 aliphatic rings. The average molecular weight is 509 g/mol. The second-order valence-corrected chi connectivity index (χ2v) is 11.5. The predicted octanol–water partition coefficient (Wildman–Crippen LogP) is 4.09. The Hall–Kier alpha value is -3.62. The van der Waals surface area contributed by atoms with E-state index in [1.54, 1.807) is 28.7 Å². The van der Waals surface area contributed by atoms with Crippen LogP contribution in [0, 0.1) is 23.0 Å². The molecule has 0 radical (unpaired) electrons. The first-order chi connectivity index (χ1) is 17.4. The number of nitriles is 1. The fraction of sp³-hybridized carbons (Fsp3) is 0.320. The van der Waals surface area contributed by atoms with Crippen molar-refractivity contribution in [3.8, 4) is 11.8 Å². The quantitative estimate of drug-likeness (QED) is 0.436. The van der Waals surface area contributed by atoms with Crippen molar-refractivity contribution >= 4 is 37.6 Å². The fourth-order valence-corrected chi connectivity index (χ4v) is 6.71. The van der Waals surface area contributed by atoms with Gasteiger partial charge in [-0.05, 0) is 49.9 Å². The van der Waals surface area contributed by atoms with Crippen LogP contribution in [0.25, 0.3) is 27.5 Å². The molecule has 2 aromatic carbocycles. The molecule has 1 N–H and O–H groups in total. The van der Waals surface area contributed by atoms with Crippen LogP contribution in [0.5, 0.6) is 0 Å². The Labute approximate surface area is 206 Å². The highest BCUT2D eigenvalue weighted by molar-refractivity contribution is 7.90. The summed E-state index contributed by atoms with van der Waals surface area (Å²) in [4.78, 5) is 4.53. The molecule has 0 unspecified atom stereocenters. The number of nitrogens with zero attached hydrogens (tertiary/aromatic N) is 5. The van der Waals surface area contributed by atoms with Gasteiger partial charge < -0.3 is 5.32 Å². The van der Waals surface area contributed by atoms with Crippen molar-refractivity contribution in [3.63, 3.8) is 0 Å².